The van der Waals surface area contributed by atoms with Gasteiger partial charge < -0.3 is 10.6 Å². The molecule has 0 radical (unpaired) electrons. The highest BCUT2D eigenvalue weighted by molar-refractivity contribution is 7.13. The van der Waals surface area contributed by atoms with Crippen LogP contribution < -0.4 is 5.73 Å². The van der Waals surface area contributed by atoms with Crippen LogP contribution >= 0.6 is 23.7 Å². The number of nitrogens with zero attached hydrogens (tertiary/aromatic N) is 3. The van der Waals surface area contributed by atoms with E-state index in [4.69, 9.17) is 5.73 Å². The van der Waals surface area contributed by atoms with Crippen LogP contribution in [0.1, 0.15) is 23.3 Å². The van der Waals surface area contributed by atoms with E-state index in [1.165, 1.54) is 23.5 Å². The van der Waals surface area contributed by atoms with Gasteiger partial charge in [0.25, 0.3) is 11.6 Å². The number of amides is 1. The number of piperidine rings is 1. The van der Waals surface area contributed by atoms with Crippen LogP contribution in [-0.2, 0) is 0 Å². The highest BCUT2D eigenvalue weighted by atomic mass is 35.5. The minimum absolute atomic E-state index is 0. The number of hydrogen-bond donors (Lipinski definition) is 1. The van der Waals surface area contributed by atoms with Crippen LogP contribution in [0.5, 0.6) is 0 Å². The Morgan fingerprint density at radius 2 is 1.92 bits per heavy atom. The molecule has 1 aromatic heterocycles. The fourth-order valence-corrected chi connectivity index (χ4v) is 3.29. The normalized spacial score (nSPS) is 15.0. The van der Waals surface area contributed by atoms with Crippen molar-refractivity contribution < 1.29 is 9.72 Å². The number of aromatic nitrogens is 1. The van der Waals surface area contributed by atoms with Gasteiger partial charge in [0, 0.05) is 42.2 Å². The molecule has 1 aliphatic heterocycles. The Bertz CT molecular complexity index is 727. The number of nitrogens with two attached hydrogens (primary N) is 1. The minimum atomic E-state index is -0.443. The van der Waals surface area contributed by atoms with Crippen LogP contribution in [0, 0.1) is 10.1 Å². The number of rotatable bonds is 3. The predicted molar refractivity (Wildman–Crippen MR) is 94.6 cm³/mol. The van der Waals surface area contributed by atoms with Gasteiger partial charge >= 0.3 is 0 Å². The van der Waals surface area contributed by atoms with Crippen molar-refractivity contribution in [1.29, 1.82) is 0 Å². The van der Waals surface area contributed by atoms with Crippen LogP contribution in [0.25, 0.3) is 10.6 Å². The lowest BCUT2D eigenvalue weighted by Gasteiger charge is -2.29. The molecular formula is C15H17ClN4O3S. The van der Waals surface area contributed by atoms with Gasteiger partial charge in [0.2, 0.25) is 0 Å². The van der Waals surface area contributed by atoms with E-state index >= 15 is 0 Å². The van der Waals surface area contributed by atoms with Crippen molar-refractivity contribution in [3.63, 3.8) is 0 Å². The molecule has 2 N–H and O–H groups in total. The predicted octanol–water partition coefficient (Wildman–Crippen LogP) is 2.70. The molecule has 0 atom stereocenters. The van der Waals surface area contributed by atoms with Crippen molar-refractivity contribution in [3.8, 4) is 10.6 Å². The molecule has 24 heavy (non-hydrogen) atoms. The van der Waals surface area contributed by atoms with Crippen molar-refractivity contribution >= 4 is 35.3 Å². The van der Waals surface area contributed by atoms with E-state index in [1.54, 1.807) is 22.4 Å². The molecule has 1 aromatic carbocycles. The smallest absolute Gasteiger partial charge is 0.273 e. The molecule has 2 heterocycles. The van der Waals surface area contributed by atoms with E-state index in [0.717, 1.165) is 18.4 Å². The first kappa shape index (κ1) is 18.3. The number of carbonyl (C=O) groups is 1. The van der Waals surface area contributed by atoms with E-state index in [9.17, 15) is 14.9 Å². The summed E-state index contributed by atoms with van der Waals surface area (Å²) in [7, 11) is 0. The first-order valence-electron chi connectivity index (χ1n) is 7.30. The summed E-state index contributed by atoms with van der Waals surface area (Å²) in [6.07, 6.45) is 1.62. The van der Waals surface area contributed by atoms with Crippen LogP contribution in [0.2, 0.25) is 0 Å². The number of nitro groups is 1. The molecule has 2 aromatic rings. The first-order chi connectivity index (χ1) is 11.0. The summed E-state index contributed by atoms with van der Waals surface area (Å²) in [5.74, 6) is -0.0821. The second-order valence-electron chi connectivity index (χ2n) is 5.47. The van der Waals surface area contributed by atoms with Gasteiger partial charge in [0.15, 0.2) is 0 Å². The van der Waals surface area contributed by atoms with E-state index in [-0.39, 0.29) is 30.0 Å². The van der Waals surface area contributed by atoms with Crippen LogP contribution in [-0.4, -0.2) is 39.8 Å². The molecule has 0 bridgehead atoms. The van der Waals surface area contributed by atoms with Gasteiger partial charge in [0.1, 0.15) is 10.7 Å². The molecule has 3 rings (SSSR count). The molecule has 1 saturated heterocycles. The summed E-state index contributed by atoms with van der Waals surface area (Å²) >= 11 is 1.36. The highest BCUT2D eigenvalue weighted by Gasteiger charge is 2.23. The number of likely N-dealkylation sites (tertiary alicyclic amines) is 1. The van der Waals surface area contributed by atoms with Crippen LogP contribution in [0.3, 0.4) is 0 Å². The summed E-state index contributed by atoms with van der Waals surface area (Å²) in [5, 5.41) is 13.1. The molecule has 0 aliphatic carbocycles. The second kappa shape index (κ2) is 7.69. The summed E-state index contributed by atoms with van der Waals surface area (Å²) in [6, 6.07) is 6.33. The molecule has 0 unspecified atom stereocenters. The number of thiazole rings is 1. The van der Waals surface area contributed by atoms with Crippen molar-refractivity contribution in [2.24, 2.45) is 5.73 Å². The maximum absolute atomic E-state index is 12.4. The molecule has 0 spiro atoms. The van der Waals surface area contributed by atoms with Gasteiger partial charge in [-0.2, -0.15) is 0 Å². The monoisotopic (exact) mass is 368 g/mol. The molecule has 7 nitrogen and oxygen atoms in total. The zero-order valence-corrected chi connectivity index (χ0v) is 14.4. The molecule has 1 fully saturated rings. The van der Waals surface area contributed by atoms with Crippen molar-refractivity contribution in [2.45, 2.75) is 18.9 Å². The molecule has 1 amide bonds. The number of nitro benzene ring substituents is 1. The Hall–Kier alpha value is -2.03. The van der Waals surface area contributed by atoms with E-state index in [1.807, 2.05) is 0 Å². The van der Waals surface area contributed by atoms with Crippen molar-refractivity contribution in [2.75, 3.05) is 13.1 Å². The highest BCUT2D eigenvalue weighted by Crippen LogP contribution is 2.26. The van der Waals surface area contributed by atoms with Gasteiger partial charge in [-0.3, -0.25) is 14.9 Å². The van der Waals surface area contributed by atoms with Gasteiger partial charge in [-0.1, -0.05) is 0 Å². The molecule has 9 heteroatoms. The van der Waals surface area contributed by atoms with Crippen LogP contribution in [0.15, 0.2) is 29.6 Å². The molecule has 1 aliphatic rings. The van der Waals surface area contributed by atoms with Crippen molar-refractivity contribution in [3.05, 3.63) is 45.5 Å². The van der Waals surface area contributed by atoms with Crippen molar-refractivity contribution in [1.82, 2.24) is 9.88 Å². The number of non-ortho nitro benzene ring substituents is 1. The molecule has 0 saturated carbocycles. The summed E-state index contributed by atoms with van der Waals surface area (Å²) in [5.41, 5.74) is 7.06. The maximum Gasteiger partial charge on any atom is 0.273 e. The zero-order chi connectivity index (χ0) is 16.4. The fourth-order valence-electron chi connectivity index (χ4n) is 2.49. The van der Waals surface area contributed by atoms with Gasteiger partial charge in [-0.15, -0.1) is 23.7 Å². The average molecular weight is 369 g/mol. The standard InChI is InChI=1S/C15H16N4O3S.ClH/c16-11-5-7-18(8-6-11)15(20)13-9-23-14(17-13)10-1-3-12(4-2-10)19(21)22;/h1-4,9,11H,5-8,16H2;1H. The van der Waals surface area contributed by atoms with E-state index in [0.29, 0.717) is 23.8 Å². The quantitative estimate of drug-likeness (QED) is 0.662. The lowest BCUT2D eigenvalue weighted by atomic mass is 10.1. The average Bonchev–Trinajstić information content (AvgIpc) is 3.05. The summed E-state index contributed by atoms with van der Waals surface area (Å²) in [6.45, 7) is 1.31. The van der Waals surface area contributed by atoms with E-state index < -0.39 is 4.92 Å². The minimum Gasteiger partial charge on any atom is -0.337 e. The lowest BCUT2D eigenvalue weighted by Crippen LogP contribution is -2.42. The number of carbonyl (C=O) groups excluding carboxylic acids is 1. The number of halogens is 1. The Morgan fingerprint density at radius 1 is 1.29 bits per heavy atom. The largest absolute Gasteiger partial charge is 0.337 e. The zero-order valence-electron chi connectivity index (χ0n) is 12.8. The third kappa shape index (κ3) is 3.89. The number of hydrogen-bond acceptors (Lipinski definition) is 6. The maximum atomic E-state index is 12.4. The van der Waals surface area contributed by atoms with Gasteiger partial charge in [0.05, 0.1) is 4.92 Å². The Kier molecular flexibility index (Phi) is 5.87. The third-order valence-corrected chi connectivity index (χ3v) is 4.77. The fraction of sp³-hybridized carbons (Fsp3) is 0.333. The number of benzene rings is 1. The first-order valence-corrected chi connectivity index (χ1v) is 8.18. The summed E-state index contributed by atoms with van der Waals surface area (Å²) < 4.78 is 0. The molecule has 128 valence electrons. The second-order valence-corrected chi connectivity index (χ2v) is 6.33. The third-order valence-electron chi connectivity index (χ3n) is 3.88. The molecular weight excluding hydrogens is 352 g/mol. The SMILES string of the molecule is Cl.NC1CCN(C(=O)c2csc(-c3ccc([N+](=O)[O-])cc3)n2)CC1. The van der Waals surface area contributed by atoms with E-state index in [2.05, 4.69) is 4.98 Å². The van der Waals surface area contributed by atoms with Gasteiger partial charge in [-0.05, 0) is 25.0 Å². The topological polar surface area (TPSA) is 102 Å². The Balaban J connectivity index is 0.00000208. The Labute approximate surface area is 149 Å². The lowest BCUT2D eigenvalue weighted by molar-refractivity contribution is -0.384. The van der Waals surface area contributed by atoms with Crippen LogP contribution in [0.4, 0.5) is 5.69 Å². The summed E-state index contributed by atoms with van der Waals surface area (Å²) in [4.78, 5) is 28.8. The Morgan fingerprint density at radius 3 is 2.50 bits per heavy atom. The van der Waals surface area contributed by atoms with Gasteiger partial charge in [-0.25, -0.2) is 4.98 Å².